The molecule has 0 heterocycles. The lowest BCUT2D eigenvalue weighted by atomic mass is 9.94. The summed E-state index contributed by atoms with van der Waals surface area (Å²) in [5.41, 5.74) is 1.25. The Hall–Kier alpha value is -1.34. The van der Waals surface area contributed by atoms with Crippen molar-refractivity contribution in [3.8, 4) is 16.9 Å². The predicted molar refractivity (Wildman–Crippen MR) is 79.9 cm³/mol. The van der Waals surface area contributed by atoms with Gasteiger partial charge in [0.05, 0.1) is 13.7 Å². The molecule has 0 fully saturated rings. The largest absolute Gasteiger partial charge is 0.493 e. The second-order valence-electron chi connectivity index (χ2n) is 4.18. The van der Waals surface area contributed by atoms with Crippen molar-refractivity contribution in [1.82, 2.24) is 0 Å². The van der Waals surface area contributed by atoms with E-state index in [1.807, 2.05) is 13.0 Å². The number of methoxy groups -OCH3 is 1. The van der Waals surface area contributed by atoms with E-state index in [4.69, 9.17) is 14.7 Å². The summed E-state index contributed by atoms with van der Waals surface area (Å²) in [7, 11) is 1.66. The van der Waals surface area contributed by atoms with Crippen LogP contribution in [0.3, 0.4) is 0 Å². The van der Waals surface area contributed by atoms with Crippen LogP contribution in [0.1, 0.15) is 38.2 Å². The van der Waals surface area contributed by atoms with Crippen molar-refractivity contribution in [3.05, 3.63) is 23.8 Å². The van der Waals surface area contributed by atoms with Crippen LogP contribution in [-0.4, -0.2) is 19.5 Å². The second kappa shape index (κ2) is 8.71. The molecular weight excluding hydrogens is 258 g/mol. The smallest absolute Gasteiger partial charge is 0.161 e. The molecule has 0 aliphatic carbocycles. The number of hydrogen-bond acceptors (Lipinski definition) is 4. The SMILES string of the molecule is CCOc1ccc(C(CC)CCSC#N)cc1OC. The predicted octanol–water partition coefficient (Wildman–Crippen LogP) is 4.19. The van der Waals surface area contributed by atoms with Gasteiger partial charge >= 0.3 is 0 Å². The Morgan fingerprint density at radius 3 is 2.68 bits per heavy atom. The maximum atomic E-state index is 8.58. The lowest BCUT2D eigenvalue weighted by Gasteiger charge is -2.17. The Morgan fingerprint density at radius 1 is 1.32 bits per heavy atom. The molecule has 0 saturated heterocycles. The molecule has 3 nitrogen and oxygen atoms in total. The molecule has 1 rings (SSSR count). The fraction of sp³-hybridized carbons (Fsp3) is 0.533. The summed E-state index contributed by atoms with van der Waals surface area (Å²) < 4.78 is 10.9. The summed E-state index contributed by atoms with van der Waals surface area (Å²) in [4.78, 5) is 0. The highest BCUT2D eigenvalue weighted by molar-refractivity contribution is 8.03. The number of ether oxygens (including phenoxy) is 2. The molecule has 0 amide bonds. The van der Waals surface area contributed by atoms with E-state index in [1.54, 1.807) is 7.11 Å². The van der Waals surface area contributed by atoms with Gasteiger partial charge in [-0.15, -0.1) is 0 Å². The molecule has 0 N–H and O–H groups in total. The zero-order valence-corrected chi connectivity index (χ0v) is 12.6. The molecule has 0 spiro atoms. The van der Waals surface area contributed by atoms with Crippen LogP contribution < -0.4 is 9.47 Å². The van der Waals surface area contributed by atoms with Crippen LogP contribution in [0.2, 0.25) is 0 Å². The molecule has 0 aromatic heterocycles. The van der Waals surface area contributed by atoms with Crippen LogP contribution >= 0.6 is 11.8 Å². The van der Waals surface area contributed by atoms with E-state index in [1.165, 1.54) is 17.3 Å². The number of benzene rings is 1. The summed E-state index contributed by atoms with van der Waals surface area (Å²) >= 11 is 1.32. The fourth-order valence-electron chi connectivity index (χ4n) is 2.07. The molecule has 0 aliphatic rings. The molecule has 19 heavy (non-hydrogen) atoms. The summed E-state index contributed by atoms with van der Waals surface area (Å²) in [6, 6.07) is 6.12. The lowest BCUT2D eigenvalue weighted by molar-refractivity contribution is 0.310. The van der Waals surface area contributed by atoms with Gasteiger partial charge in [-0.3, -0.25) is 0 Å². The molecule has 1 aromatic carbocycles. The number of thioether (sulfide) groups is 1. The minimum atomic E-state index is 0.463. The highest BCUT2D eigenvalue weighted by Gasteiger charge is 2.13. The number of rotatable bonds is 8. The number of nitrogens with zero attached hydrogens (tertiary/aromatic N) is 1. The van der Waals surface area contributed by atoms with Crippen LogP contribution in [-0.2, 0) is 0 Å². The molecule has 4 heteroatoms. The second-order valence-corrected chi connectivity index (χ2v) is 5.06. The van der Waals surface area contributed by atoms with Crippen molar-refractivity contribution in [2.75, 3.05) is 19.5 Å². The van der Waals surface area contributed by atoms with Gasteiger partial charge in [-0.05, 0) is 55.1 Å². The van der Waals surface area contributed by atoms with Crippen molar-refractivity contribution in [3.63, 3.8) is 0 Å². The minimum Gasteiger partial charge on any atom is -0.493 e. The average molecular weight is 279 g/mol. The van der Waals surface area contributed by atoms with E-state index in [2.05, 4.69) is 24.5 Å². The van der Waals surface area contributed by atoms with Gasteiger partial charge in [0.1, 0.15) is 5.40 Å². The van der Waals surface area contributed by atoms with E-state index >= 15 is 0 Å². The van der Waals surface area contributed by atoms with Gasteiger partial charge in [-0.1, -0.05) is 13.0 Å². The van der Waals surface area contributed by atoms with Crippen molar-refractivity contribution in [2.45, 2.75) is 32.6 Å². The third-order valence-corrected chi connectivity index (χ3v) is 3.65. The molecule has 1 unspecified atom stereocenters. The van der Waals surface area contributed by atoms with Crippen LogP contribution in [0.5, 0.6) is 11.5 Å². The van der Waals surface area contributed by atoms with E-state index < -0.39 is 0 Å². The Kier molecular flexibility index (Phi) is 7.20. The number of nitriles is 1. The summed E-state index contributed by atoms with van der Waals surface area (Å²) in [6.45, 7) is 4.76. The van der Waals surface area contributed by atoms with Gasteiger partial charge in [-0.25, -0.2) is 0 Å². The molecule has 0 radical (unpaired) electrons. The van der Waals surface area contributed by atoms with Gasteiger partial charge in [0.25, 0.3) is 0 Å². The molecular formula is C15H21NO2S. The van der Waals surface area contributed by atoms with Gasteiger partial charge in [0.15, 0.2) is 11.5 Å². The Bertz CT molecular complexity index is 429. The van der Waals surface area contributed by atoms with Crippen LogP contribution in [0.25, 0.3) is 0 Å². The average Bonchev–Trinajstić information content (AvgIpc) is 2.45. The van der Waals surface area contributed by atoms with Gasteiger partial charge in [0.2, 0.25) is 0 Å². The van der Waals surface area contributed by atoms with Crippen molar-refractivity contribution in [2.24, 2.45) is 0 Å². The van der Waals surface area contributed by atoms with Gasteiger partial charge in [0, 0.05) is 5.75 Å². The number of thiocyanates is 1. The zero-order valence-electron chi connectivity index (χ0n) is 11.8. The topological polar surface area (TPSA) is 42.2 Å². The van der Waals surface area contributed by atoms with E-state index in [0.717, 1.165) is 30.1 Å². The van der Waals surface area contributed by atoms with E-state index in [0.29, 0.717) is 12.5 Å². The molecule has 1 aromatic rings. The third kappa shape index (κ3) is 4.68. The number of hydrogen-bond donors (Lipinski definition) is 0. The maximum Gasteiger partial charge on any atom is 0.161 e. The maximum absolute atomic E-state index is 8.58. The molecule has 0 bridgehead atoms. The molecule has 1 atom stereocenters. The first kappa shape index (κ1) is 15.7. The summed E-state index contributed by atoms with van der Waals surface area (Å²) in [5, 5.41) is 10.7. The summed E-state index contributed by atoms with van der Waals surface area (Å²) in [6.07, 6.45) is 2.06. The normalized spacial score (nSPS) is 11.7. The van der Waals surface area contributed by atoms with Crippen molar-refractivity contribution >= 4 is 11.8 Å². The molecule has 0 aliphatic heterocycles. The summed E-state index contributed by atoms with van der Waals surface area (Å²) in [5.74, 6) is 2.90. The zero-order chi connectivity index (χ0) is 14.1. The van der Waals surface area contributed by atoms with Crippen LogP contribution in [0.4, 0.5) is 0 Å². The van der Waals surface area contributed by atoms with Crippen molar-refractivity contribution in [1.29, 1.82) is 5.26 Å². The first-order valence-electron chi connectivity index (χ1n) is 6.58. The first-order chi connectivity index (χ1) is 9.26. The standard InChI is InChI=1S/C15H21NO2S/c1-4-12(8-9-19-11-16)13-6-7-14(18-5-2)15(10-13)17-3/h6-7,10,12H,4-5,8-9H2,1-3H3. The molecule has 104 valence electrons. The molecule has 0 saturated carbocycles. The van der Waals surface area contributed by atoms with Gasteiger partial charge in [-0.2, -0.15) is 5.26 Å². The Balaban J connectivity index is 2.83. The van der Waals surface area contributed by atoms with Crippen molar-refractivity contribution < 1.29 is 9.47 Å². The van der Waals surface area contributed by atoms with E-state index in [-0.39, 0.29) is 0 Å². The van der Waals surface area contributed by atoms with E-state index in [9.17, 15) is 0 Å². The quantitative estimate of drug-likeness (QED) is 0.528. The monoisotopic (exact) mass is 279 g/mol. The fourth-order valence-corrected chi connectivity index (χ4v) is 2.56. The Morgan fingerprint density at radius 2 is 2.11 bits per heavy atom. The Labute approximate surface area is 119 Å². The van der Waals surface area contributed by atoms with Gasteiger partial charge < -0.3 is 9.47 Å². The van der Waals surface area contributed by atoms with Crippen LogP contribution in [0, 0.1) is 10.7 Å². The first-order valence-corrected chi connectivity index (χ1v) is 7.56. The lowest BCUT2D eigenvalue weighted by Crippen LogP contribution is -2.01. The third-order valence-electron chi connectivity index (χ3n) is 3.08. The highest BCUT2D eigenvalue weighted by Crippen LogP contribution is 2.33. The highest BCUT2D eigenvalue weighted by atomic mass is 32.2. The van der Waals surface area contributed by atoms with Crippen LogP contribution in [0.15, 0.2) is 18.2 Å². The minimum absolute atomic E-state index is 0.463.